The van der Waals surface area contributed by atoms with Gasteiger partial charge in [-0.3, -0.25) is 0 Å². The Balaban J connectivity index is 0.923. The highest BCUT2D eigenvalue weighted by Crippen LogP contribution is 2.40. The molecule has 0 radical (unpaired) electrons. The van der Waals surface area contributed by atoms with E-state index in [0.29, 0.717) is 11.1 Å². The van der Waals surface area contributed by atoms with Crippen LogP contribution in [0, 0.1) is 0 Å². The maximum atomic E-state index is 14.0. The lowest BCUT2D eigenvalue weighted by molar-refractivity contribution is 0.563. The monoisotopic (exact) mass is 860 g/mol. The largest absolute Gasteiger partial charge is 0.422 e. The van der Waals surface area contributed by atoms with Crippen LogP contribution < -0.4 is 15.4 Å². The van der Waals surface area contributed by atoms with Crippen molar-refractivity contribution in [2.45, 2.75) is 0 Å². The maximum Gasteiger partial charge on any atom is 0.344 e. The lowest BCUT2D eigenvalue weighted by Crippen LogP contribution is -2.10. The van der Waals surface area contributed by atoms with Gasteiger partial charge < -0.3 is 14.2 Å². The van der Waals surface area contributed by atoms with Crippen LogP contribution in [0.15, 0.2) is 276 Å². The van der Waals surface area contributed by atoms with Crippen LogP contribution in [0.1, 0.15) is 0 Å². The second-order valence-corrected chi connectivity index (χ2v) is 16.5. The number of hydrogen-bond donors (Lipinski definition) is 0. The highest BCUT2D eigenvalue weighted by atomic mass is 16.4. The van der Waals surface area contributed by atoms with Gasteiger partial charge in [0.2, 0.25) is 0 Å². The van der Waals surface area contributed by atoms with Crippen molar-refractivity contribution in [1.82, 2.24) is 0 Å². The molecule has 4 nitrogen and oxygen atoms in total. The summed E-state index contributed by atoms with van der Waals surface area (Å²) in [6, 6.07) is 92.3. The molecule has 0 amide bonds. The Morgan fingerprint density at radius 1 is 0.254 bits per heavy atom. The van der Waals surface area contributed by atoms with E-state index >= 15 is 0 Å². The molecule has 10 aromatic carbocycles. The molecule has 0 fully saturated rings. The molecular formula is C63H44N2O2. The molecule has 11 aromatic rings. The molecule has 4 heteroatoms. The molecule has 67 heavy (non-hydrogen) atoms. The fourth-order valence-corrected chi connectivity index (χ4v) is 8.86. The zero-order valence-corrected chi connectivity index (χ0v) is 36.6. The fourth-order valence-electron chi connectivity index (χ4n) is 8.86. The van der Waals surface area contributed by atoms with E-state index in [2.05, 4.69) is 222 Å². The van der Waals surface area contributed by atoms with Crippen LogP contribution in [0.3, 0.4) is 0 Å². The Kier molecular flexibility index (Phi) is 11.1. The lowest BCUT2D eigenvalue weighted by Gasteiger charge is -2.26. The van der Waals surface area contributed by atoms with Gasteiger partial charge in [0.05, 0.1) is 5.56 Å². The van der Waals surface area contributed by atoms with Gasteiger partial charge >= 0.3 is 5.63 Å². The predicted octanol–water partition coefficient (Wildman–Crippen LogP) is 17.1. The average Bonchev–Trinajstić information content (AvgIpc) is 3.41. The van der Waals surface area contributed by atoms with Gasteiger partial charge in [-0.05, 0) is 129 Å². The number of nitrogens with zero attached hydrogens (tertiary/aromatic N) is 2. The van der Waals surface area contributed by atoms with Crippen molar-refractivity contribution in [3.05, 3.63) is 277 Å². The zero-order valence-electron chi connectivity index (χ0n) is 36.6. The van der Waals surface area contributed by atoms with Gasteiger partial charge in [0, 0.05) is 45.6 Å². The maximum absolute atomic E-state index is 14.0. The first-order valence-corrected chi connectivity index (χ1v) is 22.5. The van der Waals surface area contributed by atoms with Gasteiger partial charge in [-0.15, -0.1) is 0 Å². The SMILES string of the molecule is O=c1oc2cc(N(c3ccc(-c4ccccc4)cc3)c3ccc(-c4ccccc4)cc3)ccc2cc1-c1ccc(N(c2ccc(-c3ccccc3)cc2)c2ccc(-c3ccccc3)cc2)cc1. The smallest absolute Gasteiger partial charge is 0.344 e. The first kappa shape index (κ1) is 40.8. The fraction of sp³-hybridized carbons (Fsp3) is 0. The molecule has 0 atom stereocenters. The summed E-state index contributed by atoms with van der Waals surface area (Å²) in [5.41, 5.74) is 16.5. The lowest BCUT2D eigenvalue weighted by atomic mass is 10.0. The Labute approximate surface area is 390 Å². The molecule has 0 aliphatic carbocycles. The van der Waals surface area contributed by atoms with E-state index in [9.17, 15) is 4.79 Å². The third-order valence-corrected chi connectivity index (χ3v) is 12.3. The first-order chi connectivity index (χ1) is 33.1. The number of rotatable bonds is 11. The molecule has 0 saturated carbocycles. The van der Waals surface area contributed by atoms with E-state index in [-0.39, 0.29) is 0 Å². The predicted molar refractivity (Wildman–Crippen MR) is 279 cm³/mol. The molecule has 318 valence electrons. The standard InChI is InChI=1S/C63H44N2O2/c66-63-61(53-29-40-57(41-30-53)64(55-32-21-49(22-33-55)45-13-5-1-6-14-45)56-34-23-50(24-35-56)46-15-7-2-8-16-46)43-54-31-42-60(44-62(54)67-63)65(58-36-25-51(26-37-58)47-17-9-3-10-18-47)59-38-27-52(28-39-59)48-19-11-4-12-20-48/h1-44H. The van der Waals surface area contributed by atoms with Crippen LogP contribution in [0.2, 0.25) is 0 Å². The number of anilines is 6. The van der Waals surface area contributed by atoms with E-state index in [0.717, 1.165) is 78.5 Å². The van der Waals surface area contributed by atoms with Crippen molar-refractivity contribution in [3.8, 4) is 55.6 Å². The van der Waals surface area contributed by atoms with E-state index in [1.54, 1.807) is 0 Å². The number of hydrogen-bond acceptors (Lipinski definition) is 4. The van der Waals surface area contributed by atoms with Gasteiger partial charge in [-0.1, -0.05) is 182 Å². The average molecular weight is 861 g/mol. The number of benzene rings is 10. The summed E-state index contributed by atoms with van der Waals surface area (Å²) in [7, 11) is 0. The molecule has 0 N–H and O–H groups in total. The van der Waals surface area contributed by atoms with Gasteiger partial charge in [0.15, 0.2) is 0 Å². The molecule has 1 heterocycles. The summed E-state index contributed by atoms with van der Waals surface area (Å²) >= 11 is 0. The topological polar surface area (TPSA) is 36.7 Å². The molecule has 0 aliphatic rings. The van der Waals surface area contributed by atoms with E-state index in [4.69, 9.17) is 4.42 Å². The summed E-state index contributed by atoms with van der Waals surface area (Å²) in [5, 5.41) is 0.833. The van der Waals surface area contributed by atoms with Crippen LogP contribution in [-0.2, 0) is 0 Å². The van der Waals surface area contributed by atoms with Crippen molar-refractivity contribution in [2.75, 3.05) is 9.80 Å². The molecular weight excluding hydrogens is 817 g/mol. The summed E-state index contributed by atoms with van der Waals surface area (Å²) in [5.74, 6) is 0. The minimum absolute atomic E-state index is 0.395. The summed E-state index contributed by atoms with van der Waals surface area (Å²) in [4.78, 5) is 18.4. The van der Waals surface area contributed by atoms with Gasteiger partial charge in [-0.2, -0.15) is 0 Å². The second kappa shape index (κ2) is 18.2. The third-order valence-electron chi connectivity index (χ3n) is 12.3. The summed E-state index contributed by atoms with van der Waals surface area (Å²) < 4.78 is 6.18. The van der Waals surface area contributed by atoms with E-state index in [1.807, 2.05) is 54.6 Å². The Bertz CT molecular complexity index is 3300. The molecule has 0 spiro atoms. The van der Waals surface area contributed by atoms with Crippen molar-refractivity contribution < 1.29 is 4.42 Å². The first-order valence-electron chi connectivity index (χ1n) is 22.5. The summed E-state index contributed by atoms with van der Waals surface area (Å²) in [6.07, 6.45) is 0. The second-order valence-electron chi connectivity index (χ2n) is 16.5. The highest BCUT2D eigenvalue weighted by molar-refractivity contribution is 5.89. The van der Waals surface area contributed by atoms with E-state index in [1.165, 1.54) is 11.1 Å². The number of fused-ring (bicyclic) bond motifs is 1. The Hall–Kier alpha value is -8.99. The van der Waals surface area contributed by atoms with Crippen molar-refractivity contribution in [3.63, 3.8) is 0 Å². The van der Waals surface area contributed by atoms with Crippen molar-refractivity contribution in [2.24, 2.45) is 0 Å². The zero-order chi connectivity index (χ0) is 44.9. The van der Waals surface area contributed by atoms with Gasteiger partial charge in [0.1, 0.15) is 5.58 Å². The molecule has 1 aromatic heterocycles. The van der Waals surface area contributed by atoms with Gasteiger partial charge in [0.25, 0.3) is 0 Å². The minimum Gasteiger partial charge on any atom is -0.422 e. The molecule has 0 bridgehead atoms. The van der Waals surface area contributed by atoms with Crippen LogP contribution in [0.4, 0.5) is 34.1 Å². The van der Waals surface area contributed by atoms with Crippen LogP contribution in [0.25, 0.3) is 66.6 Å². The third kappa shape index (κ3) is 8.55. The molecule has 0 aliphatic heterocycles. The molecule has 0 unspecified atom stereocenters. The Morgan fingerprint density at radius 3 is 0.851 bits per heavy atom. The van der Waals surface area contributed by atoms with Crippen molar-refractivity contribution >= 4 is 45.1 Å². The van der Waals surface area contributed by atoms with Crippen LogP contribution >= 0.6 is 0 Å². The minimum atomic E-state index is -0.395. The molecule has 11 rings (SSSR count). The molecule has 0 saturated heterocycles. The van der Waals surface area contributed by atoms with Crippen LogP contribution in [-0.4, -0.2) is 0 Å². The van der Waals surface area contributed by atoms with Crippen molar-refractivity contribution in [1.29, 1.82) is 0 Å². The normalized spacial score (nSPS) is 11.0. The van der Waals surface area contributed by atoms with Crippen LogP contribution in [0.5, 0.6) is 0 Å². The Morgan fingerprint density at radius 2 is 0.522 bits per heavy atom. The quantitative estimate of drug-likeness (QED) is 0.121. The van der Waals surface area contributed by atoms with E-state index < -0.39 is 5.63 Å². The van der Waals surface area contributed by atoms with Gasteiger partial charge in [-0.25, -0.2) is 4.79 Å². The summed E-state index contributed by atoms with van der Waals surface area (Å²) in [6.45, 7) is 0. The highest BCUT2D eigenvalue weighted by Gasteiger charge is 2.18.